The quantitative estimate of drug-likeness (QED) is 0.375. The van der Waals surface area contributed by atoms with E-state index in [1.165, 1.54) is 23.1 Å². The van der Waals surface area contributed by atoms with E-state index in [1.54, 1.807) is 6.08 Å². The van der Waals surface area contributed by atoms with Crippen molar-refractivity contribution in [2.45, 2.75) is 17.2 Å². The minimum absolute atomic E-state index is 0.00426. The zero-order valence-corrected chi connectivity index (χ0v) is 18.2. The van der Waals surface area contributed by atoms with Crippen LogP contribution >= 0.6 is 34.7 Å². The van der Waals surface area contributed by atoms with Crippen LogP contribution in [0.15, 0.2) is 41.3 Å². The van der Waals surface area contributed by atoms with E-state index >= 15 is 0 Å². The van der Waals surface area contributed by atoms with Crippen LogP contribution in [0.5, 0.6) is 0 Å². The first-order chi connectivity index (χ1) is 14.0. The zero-order chi connectivity index (χ0) is 20.6. The molecule has 1 aromatic carbocycles. The fourth-order valence-corrected chi connectivity index (χ4v) is 4.53. The highest BCUT2D eigenvalue weighted by atomic mass is 35.5. The number of rotatable bonds is 8. The number of hydrogen-bond acceptors (Lipinski definition) is 7. The number of amides is 2. The fourth-order valence-electron chi connectivity index (χ4n) is 2.88. The van der Waals surface area contributed by atoms with Gasteiger partial charge in [-0.3, -0.25) is 9.59 Å². The van der Waals surface area contributed by atoms with E-state index in [0.29, 0.717) is 23.2 Å². The molecule has 2 heterocycles. The molecule has 0 saturated carbocycles. The Morgan fingerprint density at radius 1 is 1.17 bits per heavy atom. The molecule has 0 radical (unpaired) electrons. The van der Waals surface area contributed by atoms with Gasteiger partial charge in [0.05, 0.1) is 0 Å². The van der Waals surface area contributed by atoms with Gasteiger partial charge in [0.25, 0.3) is 0 Å². The predicted molar refractivity (Wildman–Crippen MR) is 119 cm³/mol. The molecule has 0 atom stereocenters. The third kappa shape index (κ3) is 6.45. The lowest BCUT2D eigenvalue weighted by Gasteiger charge is -2.36. The molecule has 29 heavy (non-hydrogen) atoms. The molecule has 7 nitrogen and oxygen atoms in total. The van der Waals surface area contributed by atoms with Crippen LogP contribution in [0.2, 0.25) is 5.02 Å². The summed E-state index contributed by atoms with van der Waals surface area (Å²) in [5.41, 5.74) is 1.10. The number of halogens is 1. The third-order valence-corrected chi connectivity index (χ3v) is 6.59. The summed E-state index contributed by atoms with van der Waals surface area (Å²) in [4.78, 5) is 28.6. The van der Waals surface area contributed by atoms with Gasteiger partial charge in [0.1, 0.15) is 0 Å². The number of piperazine rings is 1. The van der Waals surface area contributed by atoms with Gasteiger partial charge in [-0.25, -0.2) is 0 Å². The molecule has 2 aromatic rings. The largest absolute Gasteiger partial charge is 0.368 e. The molecule has 0 spiro atoms. The molecule has 1 aromatic heterocycles. The SMILES string of the molecule is C=CCSc1nnc(NC(=O)CCC(=O)N2CCN(c3ccc(Cl)cc3)CC2)s1. The molecule has 0 bridgehead atoms. The van der Waals surface area contributed by atoms with Crippen molar-refractivity contribution in [3.63, 3.8) is 0 Å². The molecule has 1 fully saturated rings. The Morgan fingerprint density at radius 2 is 1.90 bits per heavy atom. The van der Waals surface area contributed by atoms with Gasteiger partial charge in [-0.1, -0.05) is 40.8 Å². The van der Waals surface area contributed by atoms with Crippen molar-refractivity contribution in [1.29, 1.82) is 0 Å². The molecule has 10 heteroatoms. The molecule has 2 amide bonds. The maximum Gasteiger partial charge on any atom is 0.226 e. The number of nitrogens with one attached hydrogen (secondary N) is 1. The Balaban J connectivity index is 1.39. The summed E-state index contributed by atoms with van der Waals surface area (Å²) in [5.74, 6) is 0.507. The van der Waals surface area contributed by atoms with Crippen LogP contribution in [0.4, 0.5) is 10.8 Å². The molecule has 1 N–H and O–H groups in total. The smallest absolute Gasteiger partial charge is 0.226 e. The van der Waals surface area contributed by atoms with E-state index in [-0.39, 0.29) is 24.7 Å². The van der Waals surface area contributed by atoms with Gasteiger partial charge in [-0.2, -0.15) is 0 Å². The van der Waals surface area contributed by atoms with Gasteiger partial charge < -0.3 is 15.1 Å². The topological polar surface area (TPSA) is 78.4 Å². The van der Waals surface area contributed by atoms with Crippen LogP contribution in [0.25, 0.3) is 0 Å². The second kappa shape index (κ2) is 10.6. The highest BCUT2D eigenvalue weighted by Crippen LogP contribution is 2.25. The molecular weight excluding hydrogens is 430 g/mol. The van der Waals surface area contributed by atoms with Crippen molar-refractivity contribution in [3.05, 3.63) is 41.9 Å². The normalized spacial score (nSPS) is 14.0. The van der Waals surface area contributed by atoms with Crippen LogP contribution in [0, 0.1) is 0 Å². The van der Waals surface area contributed by atoms with Crippen LogP contribution in [-0.4, -0.2) is 58.8 Å². The Bertz CT molecular complexity index is 851. The van der Waals surface area contributed by atoms with Crippen molar-refractivity contribution in [2.24, 2.45) is 0 Å². The first kappa shape index (κ1) is 21.6. The number of hydrogen-bond donors (Lipinski definition) is 1. The maximum absolute atomic E-state index is 12.4. The maximum atomic E-state index is 12.4. The summed E-state index contributed by atoms with van der Waals surface area (Å²) >= 11 is 8.76. The average molecular weight is 452 g/mol. The minimum Gasteiger partial charge on any atom is -0.368 e. The van der Waals surface area contributed by atoms with E-state index in [2.05, 4.69) is 27.0 Å². The van der Waals surface area contributed by atoms with Gasteiger partial charge in [0.15, 0.2) is 4.34 Å². The second-order valence-electron chi connectivity index (χ2n) is 6.37. The van der Waals surface area contributed by atoms with Gasteiger partial charge in [-0.05, 0) is 24.3 Å². The van der Waals surface area contributed by atoms with Crippen molar-refractivity contribution in [2.75, 3.05) is 42.1 Å². The van der Waals surface area contributed by atoms with E-state index in [4.69, 9.17) is 11.6 Å². The molecule has 1 aliphatic heterocycles. The first-order valence-corrected chi connectivity index (χ1v) is 11.4. The summed E-state index contributed by atoms with van der Waals surface area (Å²) in [6.07, 6.45) is 2.10. The lowest BCUT2D eigenvalue weighted by atomic mass is 10.2. The predicted octanol–water partition coefficient (Wildman–Crippen LogP) is 3.54. The Hall–Kier alpha value is -2.10. The van der Waals surface area contributed by atoms with Gasteiger partial charge in [0, 0.05) is 55.5 Å². The summed E-state index contributed by atoms with van der Waals surface area (Å²) < 4.78 is 0.773. The number of aromatic nitrogens is 2. The molecule has 1 aliphatic rings. The summed E-state index contributed by atoms with van der Waals surface area (Å²) in [6.45, 7) is 6.46. The monoisotopic (exact) mass is 451 g/mol. The average Bonchev–Trinajstić information content (AvgIpc) is 3.18. The Kier molecular flexibility index (Phi) is 7.91. The van der Waals surface area contributed by atoms with E-state index < -0.39 is 0 Å². The Labute approximate surface area is 183 Å². The summed E-state index contributed by atoms with van der Waals surface area (Å²) in [6, 6.07) is 7.70. The van der Waals surface area contributed by atoms with Crippen molar-refractivity contribution < 1.29 is 9.59 Å². The van der Waals surface area contributed by atoms with Gasteiger partial charge in [0.2, 0.25) is 16.9 Å². The van der Waals surface area contributed by atoms with Crippen LogP contribution in [-0.2, 0) is 9.59 Å². The lowest BCUT2D eigenvalue weighted by Crippen LogP contribution is -2.48. The highest BCUT2D eigenvalue weighted by molar-refractivity contribution is 8.01. The highest BCUT2D eigenvalue weighted by Gasteiger charge is 2.22. The summed E-state index contributed by atoms with van der Waals surface area (Å²) in [5, 5.41) is 11.8. The number of nitrogens with zero attached hydrogens (tertiary/aromatic N) is 4. The number of carbonyl (C=O) groups excluding carboxylic acids is 2. The zero-order valence-electron chi connectivity index (χ0n) is 15.8. The molecule has 0 unspecified atom stereocenters. The Morgan fingerprint density at radius 3 is 2.59 bits per heavy atom. The molecule has 3 rings (SSSR count). The molecule has 0 aliphatic carbocycles. The van der Waals surface area contributed by atoms with Crippen LogP contribution in [0.1, 0.15) is 12.8 Å². The lowest BCUT2D eigenvalue weighted by molar-refractivity contribution is -0.133. The van der Waals surface area contributed by atoms with E-state index in [9.17, 15) is 9.59 Å². The number of anilines is 2. The second-order valence-corrected chi connectivity index (χ2v) is 9.05. The summed E-state index contributed by atoms with van der Waals surface area (Å²) in [7, 11) is 0. The molecule has 1 saturated heterocycles. The number of benzene rings is 1. The minimum atomic E-state index is -0.227. The third-order valence-electron chi connectivity index (χ3n) is 4.37. The molecular formula is C19H22ClN5O2S2. The number of carbonyl (C=O) groups is 2. The number of thioether (sulfide) groups is 1. The van der Waals surface area contributed by atoms with Crippen molar-refractivity contribution in [3.8, 4) is 0 Å². The first-order valence-electron chi connectivity index (χ1n) is 9.20. The van der Waals surface area contributed by atoms with E-state index in [0.717, 1.165) is 28.9 Å². The van der Waals surface area contributed by atoms with Gasteiger partial charge in [-0.15, -0.1) is 16.8 Å². The van der Waals surface area contributed by atoms with Crippen LogP contribution in [0.3, 0.4) is 0 Å². The van der Waals surface area contributed by atoms with E-state index in [1.807, 2.05) is 29.2 Å². The van der Waals surface area contributed by atoms with Gasteiger partial charge >= 0.3 is 0 Å². The van der Waals surface area contributed by atoms with Crippen molar-refractivity contribution >= 4 is 57.3 Å². The standard InChI is InChI=1S/C19H22ClN5O2S2/c1-2-13-28-19-23-22-18(29-19)21-16(26)7-8-17(27)25-11-9-24(10-12-25)15-5-3-14(20)4-6-15/h2-6H,1,7-13H2,(H,21,22,26). The van der Waals surface area contributed by atoms with Crippen molar-refractivity contribution in [1.82, 2.24) is 15.1 Å². The van der Waals surface area contributed by atoms with Crippen LogP contribution < -0.4 is 10.2 Å². The fraction of sp³-hybridized carbons (Fsp3) is 0.368. The molecule has 154 valence electrons.